The van der Waals surface area contributed by atoms with Crippen molar-refractivity contribution in [1.82, 2.24) is 4.98 Å². The van der Waals surface area contributed by atoms with Crippen LogP contribution in [0.15, 0.2) is 18.2 Å². The lowest BCUT2D eigenvalue weighted by Gasteiger charge is -2.36. The lowest BCUT2D eigenvalue weighted by atomic mass is 10.00. The molecule has 0 amide bonds. The maximum absolute atomic E-state index is 12.8. The van der Waals surface area contributed by atoms with Crippen LogP contribution in [0.1, 0.15) is 19.5 Å². The monoisotopic (exact) mass is 348 g/mol. The van der Waals surface area contributed by atoms with Gasteiger partial charge in [-0.05, 0) is 19.9 Å². The Hall–Kier alpha value is -1.42. The van der Waals surface area contributed by atoms with Gasteiger partial charge < -0.3 is 24.7 Å². The quantitative estimate of drug-likeness (QED) is 0.897. The Morgan fingerprint density at radius 2 is 2.00 bits per heavy atom. The van der Waals surface area contributed by atoms with Crippen LogP contribution in [0.4, 0.5) is 13.2 Å². The summed E-state index contributed by atoms with van der Waals surface area (Å²) < 4.78 is 61.1. The van der Waals surface area contributed by atoms with E-state index < -0.39 is 36.0 Å². The van der Waals surface area contributed by atoms with Crippen LogP contribution < -0.4 is 10.5 Å². The maximum Gasteiger partial charge on any atom is 0.433 e. The van der Waals surface area contributed by atoms with Crippen molar-refractivity contribution in [2.45, 2.75) is 50.2 Å². The third-order valence-electron chi connectivity index (χ3n) is 3.89. The highest BCUT2D eigenvalue weighted by Crippen LogP contribution is 2.36. The molecule has 1 aromatic heterocycles. The third-order valence-corrected chi connectivity index (χ3v) is 3.89. The maximum atomic E-state index is 12.8. The molecule has 6 nitrogen and oxygen atoms in total. The SMILES string of the molecule is CC1(C)OC2[C@@H](CN)OC[C@H](Oc3cccc(C(F)(F)F)n3)[C@H]2O1. The molecule has 3 rings (SSSR count). The molecule has 0 spiro atoms. The van der Waals surface area contributed by atoms with Crippen molar-refractivity contribution >= 4 is 0 Å². The number of pyridine rings is 1. The number of fused-ring (bicyclic) bond motifs is 1. The van der Waals surface area contributed by atoms with E-state index in [0.717, 1.165) is 6.07 Å². The smallest absolute Gasteiger partial charge is 0.433 e. The van der Waals surface area contributed by atoms with Crippen LogP contribution in [0.25, 0.3) is 0 Å². The highest BCUT2D eigenvalue weighted by molar-refractivity contribution is 5.18. The van der Waals surface area contributed by atoms with Crippen LogP contribution in [0, 0.1) is 0 Å². The Kier molecular flexibility index (Phi) is 4.45. The summed E-state index contributed by atoms with van der Waals surface area (Å²) in [6.45, 7) is 3.87. The van der Waals surface area contributed by atoms with Gasteiger partial charge >= 0.3 is 6.18 Å². The summed E-state index contributed by atoms with van der Waals surface area (Å²) in [4.78, 5) is 3.50. The van der Waals surface area contributed by atoms with E-state index in [1.165, 1.54) is 12.1 Å². The second-order valence-electron chi connectivity index (χ2n) is 6.19. The van der Waals surface area contributed by atoms with Gasteiger partial charge in [0, 0.05) is 12.6 Å². The number of halogens is 3. The summed E-state index contributed by atoms with van der Waals surface area (Å²) >= 11 is 0. The molecule has 4 atom stereocenters. The van der Waals surface area contributed by atoms with Gasteiger partial charge in [0.1, 0.15) is 17.9 Å². The standard InChI is InChI=1S/C15H19F3N2O4/c1-14(2)23-12-8(6-19)21-7-9(13(12)24-14)22-11-5-3-4-10(20-11)15(16,17)18/h3-5,8-9,12-13H,6-7,19H2,1-2H3/t8-,9+,12?,13-/m1/s1. The van der Waals surface area contributed by atoms with E-state index in [0.29, 0.717) is 0 Å². The first-order valence-electron chi connectivity index (χ1n) is 7.58. The van der Waals surface area contributed by atoms with Crippen LogP contribution >= 0.6 is 0 Å². The molecule has 2 fully saturated rings. The minimum atomic E-state index is -4.54. The lowest BCUT2D eigenvalue weighted by molar-refractivity contribution is -0.153. The summed E-state index contributed by atoms with van der Waals surface area (Å²) in [7, 11) is 0. The number of rotatable bonds is 3. The number of hydrogen-bond donors (Lipinski definition) is 1. The normalized spacial score (nSPS) is 32.4. The molecule has 2 saturated heterocycles. The van der Waals surface area contributed by atoms with Gasteiger partial charge in [-0.2, -0.15) is 13.2 Å². The van der Waals surface area contributed by atoms with Crippen LogP contribution in [-0.2, 0) is 20.4 Å². The van der Waals surface area contributed by atoms with Crippen LogP contribution in [0.2, 0.25) is 0 Å². The molecule has 9 heteroatoms. The number of nitrogens with zero attached hydrogens (tertiary/aromatic N) is 1. The van der Waals surface area contributed by atoms with Gasteiger partial charge in [-0.1, -0.05) is 6.07 Å². The largest absolute Gasteiger partial charge is 0.469 e. The lowest BCUT2D eigenvalue weighted by Crippen LogP contribution is -2.55. The van der Waals surface area contributed by atoms with Crippen molar-refractivity contribution in [3.63, 3.8) is 0 Å². The number of aromatic nitrogens is 1. The highest BCUT2D eigenvalue weighted by atomic mass is 19.4. The van der Waals surface area contributed by atoms with Crippen molar-refractivity contribution in [3.05, 3.63) is 23.9 Å². The molecule has 1 unspecified atom stereocenters. The minimum Gasteiger partial charge on any atom is -0.469 e. The second kappa shape index (κ2) is 6.14. The Morgan fingerprint density at radius 3 is 2.67 bits per heavy atom. The predicted molar refractivity (Wildman–Crippen MR) is 76.3 cm³/mol. The molecule has 2 aliphatic heterocycles. The van der Waals surface area contributed by atoms with E-state index >= 15 is 0 Å². The molecule has 24 heavy (non-hydrogen) atoms. The molecule has 0 aromatic carbocycles. The molecule has 0 aliphatic carbocycles. The van der Waals surface area contributed by atoms with Crippen molar-refractivity contribution in [2.24, 2.45) is 5.73 Å². The molecule has 0 saturated carbocycles. The molecule has 2 aliphatic rings. The van der Waals surface area contributed by atoms with Gasteiger partial charge in [0.15, 0.2) is 11.9 Å². The van der Waals surface area contributed by atoms with E-state index in [4.69, 9.17) is 24.7 Å². The van der Waals surface area contributed by atoms with Crippen molar-refractivity contribution < 1.29 is 32.1 Å². The van der Waals surface area contributed by atoms with E-state index in [2.05, 4.69) is 4.98 Å². The topological polar surface area (TPSA) is 75.8 Å². The molecule has 2 N–H and O–H groups in total. The minimum absolute atomic E-state index is 0.125. The molecular formula is C15H19F3N2O4. The number of alkyl halides is 3. The average Bonchev–Trinajstić information content (AvgIpc) is 2.83. The Labute approximate surface area is 137 Å². The third kappa shape index (κ3) is 3.49. The van der Waals surface area contributed by atoms with Crippen molar-refractivity contribution in [2.75, 3.05) is 13.2 Å². The zero-order valence-corrected chi connectivity index (χ0v) is 13.2. The predicted octanol–water partition coefficient (Wildman–Crippen LogP) is 1.73. The van der Waals surface area contributed by atoms with E-state index in [1.54, 1.807) is 13.8 Å². The van der Waals surface area contributed by atoms with Crippen LogP contribution in [0.3, 0.4) is 0 Å². The second-order valence-corrected chi connectivity index (χ2v) is 6.19. The summed E-state index contributed by atoms with van der Waals surface area (Å²) in [5.41, 5.74) is 4.66. The Balaban J connectivity index is 1.78. The van der Waals surface area contributed by atoms with E-state index in [1.807, 2.05) is 0 Å². The fourth-order valence-corrected chi connectivity index (χ4v) is 2.90. The molecule has 1 aromatic rings. The van der Waals surface area contributed by atoms with Gasteiger partial charge in [-0.3, -0.25) is 0 Å². The Morgan fingerprint density at radius 1 is 1.29 bits per heavy atom. The number of ether oxygens (including phenoxy) is 4. The highest BCUT2D eigenvalue weighted by Gasteiger charge is 2.52. The average molecular weight is 348 g/mol. The van der Waals surface area contributed by atoms with Gasteiger partial charge in [-0.15, -0.1) is 0 Å². The summed E-state index contributed by atoms with van der Waals surface area (Å²) in [5, 5.41) is 0. The first-order valence-corrected chi connectivity index (χ1v) is 7.58. The fraction of sp³-hybridized carbons (Fsp3) is 0.667. The molecule has 134 valence electrons. The van der Waals surface area contributed by atoms with Gasteiger partial charge in [0.2, 0.25) is 5.88 Å². The van der Waals surface area contributed by atoms with Gasteiger partial charge in [0.25, 0.3) is 0 Å². The summed E-state index contributed by atoms with van der Waals surface area (Å²) in [5.74, 6) is -0.990. The van der Waals surface area contributed by atoms with Crippen molar-refractivity contribution in [3.8, 4) is 5.88 Å². The summed E-state index contributed by atoms with van der Waals surface area (Å²) in [6, 6.07) is 3.49. The first kappa shape index (κ1) is 17.4. The zero-order valence-electron chi connectivity index (χ0n) is 13.2. The van der Waals surface area contributed by atoms with Gasteiger partial charge in [-0.25, -0.2) is 4.98 Å². The van der Waals surface area contributed by atoms with Crippen LogP contribution in [-0.4, -0.2) is 48.3 Å². The first-order chi connectivity index (χ1) is 11.2. The number of nitrogens with two attached hydrogens (primary N) is 1. The molecular weight excluding hydrogens is 329 g/mol. The van der Waals surface area contributed by atoms with E-state index in [-0.39, 0.29) is 25.1 Å². The van der Waals surface area contributed by atoms with Crippen molar-refractivity contribution in [1.29, 1.82) is 0 Å². The zero-order chi connectivity index (χ0) is 17.5. The van der Waals surface area contributed by atoms with E-state index in [9.17, 15) is 13.2 Å². The molecule has 0 radical (unpaired) electrons. The number of hydrogen-bond acceptors (Lipinski definition) is 6. The summed E-state index contributed by atoms with van der Waals surface area (Å²) in [6.07, 6.45) is -6.49. The van der Waals surface area contributed by atoms with Crippen LogP contribution in [0.5, 0.6) is 5.88 Å². The Bertz CT molecular complexity index is 596. The molecule has 0 bridgehead atoms. The fourth-order valence-electron chi connectivity index (χ4n) is 2.90. The molecule has 3 heterocycles. The van der Waals surface area contributed by atoms with Gasteiger partial charge in [0.05, 0.1) is 12.7 Å².